The molecular weight excluding hydrogens is 268 g/mol. The highest BCUT2D eigenvalue weighted by Crippen LogP contribution is 2.14. The first-order valence-corrected chi connectivity index (χ1v) is 7.57. The molecule has 1 atom stereocenters. The molecule has 21 heavy (non-hydrogen) atoms. The second-order valence-corrected chi connectivity index (χ2v) is 5.25. The molecule has 0 amide bonds. The van der Waals surface area contributed by atoms with Crippen molar-refractivity contribution in [2.24, 2.45) is 0 Å². The Bertz CT molecular complexity index is 468. The molecule has 1 aromatic carbocycles. The molecule has 0 bridgehead atoms. The highest BCUT2D eigenvalue weighted by Gasteiger charge is 2.15. The minimum atomic E-state index is -1.37. The molecule has 1 rings (SSSR count). The zero-order valence-corrected chi connectivity index (χ0v) is 12.8. The number of ether oxygens (including phenoxy) is 1. The monoisotopic (exact) mass is 291 g/mol. The quantitative estimate of drug-likeness (QED) is 0.518. The van der Waals surface area contributed by atoms with Gasteiger partial charge in [0.25, 0.3) is 0 Å². The first-order chi connectivity index (χ1) is 10.1. The Kier molecular flexibility index (Phi) is 7.51. The molecule has 116 valence electrons. The highest BCUT2D eigenvalue weighted by atomic mass is 16.5. The summed E-state index contributed by atoms with van der Waals surface area (Å²) >= 11 is 0. The number of carbonyl (C=O) groups excluding carboxylic acids is 2. The zero-order chi connectivity index (χ0) is 15.7. The van der Waals surface area contributed by atoms with E-state index in [1.165, 1.54) is 31.4 Å². The van der Waals surface area contributed by atoms with Gasteiger partial charge in [0, 0.05) is 5.56 Å². The molecule has 4 nitrogen and oxygen atoms in total. The Hall–Kier alpha value is -1.84. The van der Waals surface area contributed by atoms with Crippen LogP contribution in [0.15, 0.2) is 24.3 Å². The van der Waals surface area contributed by atoms with Crippen LogP contribution in [-0.4, -0.2) is 18.0 Å². The first-order valence-electron chi connectivity index (χ1n) is 7.57. The minimum Gasteiger partial charge on any atom is -0.545 e. The third kappa shape index (κ3) is 5.98. The highest BCUT2D eigenvalue weighted by molar-refractivity contribution is 6.01. The van der Waals surface area contributed by atoms with Gasteiger partial charge in [0.2, 0.25) is 0 Å². The van der Waals surface area contributed by atoms with Gasteiger partial charge < -0.3 is 14.6 Å². The number of rotatable bonds is 9. The fourth-order valence-corrected chi connectivity index (χ4v) is 2.18. The van der Waals surface area contributed by atoms with Crippen molar-refractivity contribution in [2.45, 2.75) is 58.5 Å². The molecule has 0 N–H and O–H groups in total. The molecular formula is C17H23O4-. The predicted molar refractivity (Wildman–Crippen MR) is 79.0 cm³/mol. The maximum absolute atomic E-state index is 12.0. The van der Waals surface area contributed by atoms with Gasteiger partial charge in [-0.3, -0.25) is 0 Å². The third-order valence-corrected chi connectivity index (χ3v) is 3.39. The molecule has 0 aliphatic carbocycles. The molecule has 0 unspecified atom stereocenters. The van der Waals surface area contributed by atoms with E-state index in [9.17, 15) is 14.7 Å². The Morgan fingerprint density at radius 3 is 2.33 bits per heavy atom. The summed E-state index contributed by atoms with van der Waals surface area (Å²) < 4.78 is 5.30. The summed E-state index contributed by atoms with van der Waals surface area (Å²) in [6.45, 7) is 4.00. The van der Waals surface area contributed by atoms with Crippen LogP contribution < -0.4 is 5.11 Å². The van der Waals surface area contributed by atoms with Crippen molar-refractivity contribution in [3.05, 3.63) is 35.4 Å². The number of unbranched alkanes of at least 4 members (excludes halogenated alkanes) is 4. The number of carboxylic acid groups (broad SMARTS) is 1. The van der Waals surface area contributed by atoms with E-state index in [1.54, 1.807) is 12.1 Å². The standard InChI is InChI=1S/C17H24O4/c1-3-4-5-6-7-10-13(2)21-17(20)15-12-9-8-11-14(15)16(18)19/h8-9,11-13H,3-7,10H2,1-2H3,(H,18,19)/p-1/t13-/m0/s1. The van der Waals surface area contributed by atoms with Crippen LogP contribution in [0.4, 0.5) is 0 Å². The van der Waals surface area contributed by atoms with E-state index in [0.717, 1.165) is 19.3 Å². The second-order valence-electron chi connectivity index (χ2n) is 5.25. The van der Waals surface area contributed by atoms with E-state index in [-0.39, 0.29) is 17.2 Å². The van der Waals surface area contributed by atoms with E-state index < -0.39 is 11.9 Å². The summed E-state index contributed by atoms with van der Waals surface area (Å²) in [6.07, 6.45) is 6.35. The van der Waals surface area contributed by atoms with Gasteiger partial charge in [-0.25, -0.2) is 4.79 Å². The number of carbonyl (C=O) groups is 2. The van der Waals surface area contributed by atoms with Crippen LogP contribution in [0.25, 0.3) is 0 Å². The van der Waals surface area contributed by atoms with E-state index in [0.29, 0.717) is 0 Å². The van der Waals surface area contributed by atoms with E-state index in [4.69, 9.17) is 4.74 Å². The van der Waals surface area contributed by atoms with Gasteiger partial charge in [0.1, 0.15) is 0 Å². The van der Waals surface area contributed by atoms with Crippen molar-refractivity contribution in [2.75, 3.05) is 0 Å². The molecule has 0 saturated carbocycles. The molecule has 0 heterocycles. The maximum atomic E-state index is 12.0. The Balaban J connectivity index is 2.47. The summed E-state index contributed by atoms with van der Waals surface area (Å²) in [4.78, 5) is 23.0. The molecule has 0 aliphatic heterocycles. The number of aromatic carboxylic acids is 1. The average molecular weight is 291 g/mol. The lowest BCUT2D eigenvalue weighted by molar-refractivity contribution is -0.255. The average Bonchev–Trinajstić information content (AvgIpc) is 2.47. The smallest absolute Gasteiger partial charge is 0.339 e. The molecule has 0 saturated heterocycles. The second kappa shape index (κ2) is 9.16. The summed E-state index contributed by atoms with van der Waals surface area (Å²) in [5.74, 6) is -1.97. The number of esters is 1. The number of hydrogen-bond acceptors (Lipinski definition) is 4. The molecule has 0 spiro atoms. The van der Waals surface area contributed by atoms with Crippen LogP contribution >= 0.6 is 0 Å². The summed E-state index contributed by atoms with van der Waals surface area (Å²) in [5.41, 5.74) is -0.0759. The van der Waals surface area contributed by atoms with Crippen molar-refractivity contribution in [1.82, 2.24) is 0 Å². The Labute approximate surface area is 126 Å². The number of hydrogen-bond donors (Lipinski definition) is 0. The lowest BCUT2D eigenvalue weighted by atomic mass is 10.1. The van der Waals surface area contributed by atoms with Crippen LogP contribution in [0.5, 0.6) is 0 Å². The third-order valence-electron chi connectivity index (χ3n) is 3.39. The Morgan fingerprint density at radius 1 is 1.10 bits per heavy atom. The lowest BCUT2D eigenvalue weighted by Crippen LogP contribution is -2.26. The normalized spacial score (nSPS) is 11.9. The molecule has 0 fully saturated rings. The molecule has 1 aromatic rings. The summed E-state index contributed by atoms with van der Waals surface area (Å²) in [6, 6.07) is 5.96. The molecule has 0 aromatic heterocycles. The topological polar surface area (TPSA) is 66.4 Å². The van der Waals surface area contributed by atoms with Gasteiger partial charge in [-0.1, -0.05) is 50.8 Å². The summed E-state index contributed by atoms with van der Waals surface area (Å²) in [5, 5.41) is 11.0. The largest absolute Gasteiger partial charge is 0.545 e. The van der Waals surface area contributed by atoms with Crippen molar-refractivity contribution in [1.29, 1.82) is 0 Å². The Morgan fingerprint density at radius 2 is 1.71 bits per heavy atom. The van der Waals surface area contributed by atoms with Crippen molar-refractivity contribution in [3.8, 4) is 0 Å². The van der Waals surface area contributed by atoms with Crippen LogP contribution in [-0.2, 0) is 4.74 Å². The maximum Gasteiger partial charge on any atom is 0.339 e. The fourth-order valence-electron chi connectivity index (χ4n) is 2.18. The lowest BCUT2D eigenvalue weighted by Gasteiger charge is -2.15. The number of carboxylic acids is 1. The minimum absolute atomic E-state index is 0.0512. The zero-order valence-electron chi connectivity index (χ0n) is 12.8. The fraction of sp³-hybridized carbons (Fsp3) is 0.529. The van der Waals surface area contributed by atoms with E-state index >= 15 is 0 Å². The van der Waals surface area contributed by atoms with Gasteiger partial charge in [-0.15, -0.1) is 0 Å². The van der Waals surface area contributed by atoms with E-state index in [2.05, 4.69) is 6.92 Å². The molecule has 0 radical (unpaired) electrons. The van der Waals surface area contributed by atoms with Crippen LogP contribution in [0.3, 0.4) is 0 Å². The van der Waals surface area contributed by atoms with Crippen LogP contribution in [0.1, 0.15) is 73.1 Å². The van der Waals surface area contributed by atoms with Gasteiger partial charge >= 0.3 is 5.97 Å². The van der Waals surface area contributed by atoms with Gasteiger partial charge in [0.05, 0.1) is 17.6 Å². The van der Waals surface area contributed by atoms with Gasteiger partial charge in [-0.05, 0) is 25.8 Å². The van der Waals surface area contributed by atoms with E-state index in [1.807, 2.05) is 6.92 Å². The van der Waals surface area contributed by atoms with Gasteiger partial charge in [0.15, 0.2) is 0 Å². The summed E-state index contributed by atoms with van der Waals surface area (Å²) in [7, 11) is 0. The van der Waals surface area contributed by atoms with Crippen LogP contribution in [0, 0.1) is 0 Å². The van der Waals surface area contributed by atoms with Crippen molar-refractivity contribution >= 4 is 11.9 Å². The van der Waals surface area contributed by atoms with Gasteiger partial charge in [-0.2, -0.15) is 0 Å². The molecule has 4 heteroatoms. The first kappa shape index (κ1) is 17.2. The molecule has 0 aliphatic rings. The van der Waals surface area contributed by atoms with Crippen molar-refractivity contribution in [3.63, 3.8) is 0 Å². The SMILES string of the molecule is CCCCCCC[C@H](C)OC(=O)c1ccccc1C(=O)[O-]. The number of benzene rings is 1. The van der Waals surface area contributed by atoms with Crippen molar-refractivity contribution < 1.29 is 19.4 Å². The van der Waals surface area contributed by atoms with Crippen LogP contribution in [0.2, 0.25) is 0 Å². The predicted octanol–water partition coefficient (Wildman–Crippen LogP) is 2.96.